The van der Waals surface area contributed by atoms with E-state index >= 15 is 0 Å². The molecule has 2 heterocycles. The first-order chi connectivity index (χ1) is 16.8. The molecule has 184 valence electrons. The zero-order chi connectivity index (χ0) is 25.2. The van der Waals surface area contributed by atoms with Crippen LogP contribution in [0.3, 0.4) is 0 Å². The Bertz CT molecular complexity index is 1010. The molecule has 2 aromatic rings. The molecular formula is C23H27BN4O7. The predicted molar refractivity (Wildman–Crippen MR) is 124 cm³/mol. The van der Waals surface area contributed by atoms with E-state index in [0.717, 1.165) is 5.56 Å². The lowest BCUT2D eigenvalue weighted by atomic mass is 9.73. The van der Waals surface area contributed by atoms with Crippen molar-refractivity contribution in [3.63, 3.8) is 0 Å². The summed E-state index contributed by atoms with van der Waals surface area (Å²) in [6, 6.07) is 8.16. The Balaban J connectivity index is 1.81. The number of rotatable bonds is 9. The number of hydrogen-bond donors (Lipinski definition) is 2. The minimum absolute atomic E-state index is 0.0555. The van der Waals surface area contributed by atoms with Crippen LogP contribution in [0.2, 0.25) is 0 Å². The van der Waals surface area contributed by atoms with Crippen LogP contribution in [-0.4, -0.2) is 66.0 Å². The molecule has 0 radical (unpaired) electrons. The van der Waals surface area contributed by atoms with Crippen LogP contribution in [0.25, 0.3) is 0 Å². The van der Waals surface area contributed by atoms with Gasteiger partial charge in [-0.1, -0.05) is 44.2 Å². The molecule has 2 atom stereocenters. The molecule has 2 N–H and O–H groups in total. The van der Waals surface area contributed by atoms with Crippen molar-refractivity contribution in [2.24, 2.45) is 5.92 Å². The lowest BCUT2D eigenvalue weighted by Crippen LogP contribution is -2.57. The fraction of sp³-hybridized carbons (Fsp3) is 0.391. The van der Waals surface area contributed by atoms with Gasteiger partial charge in [-0.15, -0.1) is 0 Å². The molecule has 12 heteroatoms. The maximum absolute atomic E-state index is 13.4. The number of ether oxygens (including phenoxy) is 1. The predicted octanol–water partition coefficient (Wildman–Crippen LogP) is 0.493. The second-order valence-corrected chi connectivity index (χ2v) is 8.39. The first-order valence-corrected chi connectivity index (χ1v) is 11.2. The molecule has 1 aromatic carbocycles. The Morgan fingerprint density at radius 2 is 1.71 bits per heavy atom. The second kappa shape index (κ2) is 12.6. The normalized spacial score (nSPS) is 15.8. The maximum Gasteiger partial charge on any atom is 0.622 e. The summed E-state index contributed by atoms with van der Waals surface area (Å²) in [6.07, 6.45) is 4.63. The first-order valence-electron chi connectivity index (χ1n) is 11.2. The fourth-order valence-corrected chi connectivity index (χ4v) is 3.47. The van der Waals surface area contributed by atoms with Crippen LogP contribution in [-0.2, 0) is 34.9 Å². The van der Waals surface area contributed by atoms with E-state index in [4.69, 9.17) is 14.0 Å². The largest absolute Gasteiger partial charge is 0.622 e. The number of amides is 2. The lowest BCUT2D eigenvalue weighted by molar-refractivity contribution is -0.153. The SMILES string of the molecule is CC(C)C[C@H](NC(=O)C(Cc1ccccc1)NC(=O)c1cnccn1)B1OC(=O)COCC(=O)O1. The summed E-state index contributed by atoms with van der Waals surface area (Å²) in [7, 11) is -1.33. The monoisotopic (exact) mass is 482 g/mol. The van der Waals surface area contributed by atoms with E-state index < -0.39 is 56.1 Å². The van der Waals surface area contributed by atoms with Crippen molar-refractivity contribution in [2.45, 2.75) is 38.7 Å². The number of carbonyl (C=O) groups is 4. The minimum Gasteiger partial charge on any atom is -0.496 e. The molecule has 3 rings (SSSR count). The number of nitrogens with one attached hydrogen (secondary N) is 2. The molecule has 11 nitrogen and oxygen atoms in total. The molecular weight excluding hydrogens is 455 g/mol. The van der Waals surface area contributed by atoms with Crippen molar-refractivity contribution in [3.05, 3.63) is 60.2 Å². The van der Waals surface area contributed by atoms with Crippen LogP contribution < -0.4 is 10.6 Å². The van der Waals surface area contributed by atoms with Gasteiger partial charge in [-0.05, 0) is 17.9 Å². The molecule has 1 saturated heterocycles. The number of hydrogen-bond acceptors (Lipinski definition) is 9. The smallest absolute Gasteiger partial charge is 0.496 e. The summed E-state index contributed by atoms with van der Waals surface area (Å²) in [5, 5.41) is 5.49. The standard InChI is InChI=1S/C23H27BN4O7/c1-15(2)10-19(24-34-20(29)13-33-14-21(30)35-24)28-22(31)17(11-16-6-4-3-5-7-16)27-23(32)18-12-25-8-9-26-18/h3-9,12,15,17,19H,10-11,13-14H2,1-2H3,(H,27,32)(H,28,31)/t17?,19-/m0/s1. The Kier molecular flexibility index (Phi) is 9.30. The highest BCUT2D eigenvalue weighted by atomic mass is 16.7. The number of aromatic nitrogens is 2. The van der Waals surface area contributed by atoms with Crippen LogP contribution >= 0.6 is 0 Å². The molecule has 2 amide bonds. The van der Waals surface area contributed by atoms with E-state index in [9.17, 15) is 19.2 Å². The van der Waals surface area contributed by atoms with Gasteiger partial charge in [-0.25, -0.2) is 4.98 Å². The van der Waals surface area contributed by atoms with Gasteiger partial charge in [0.1, 0.15) is 24.9 Å². The molecule has 1 aromatic heterocycles. The molecule has 0 saturated carbocycles. The number of carbonyl (C=O) groups excluding carboxylic acids is 4. The van der Waals surface area contributed by atoms with Crippen molar-refractivity contribution in [1.82, 2.24) is 20.6 Å². The molecule has 0 spiro atoms. The molecule has 0 bridgehead atoms. The topological polar surface area (TPSA) is 146 Å². The van der Waals surface area contributed by atoms with E-state index in [1.807, 2.05) is 44.2 Å². The van der Waals surface area contributed by atoms with Gasteiger partial charge in [0, 0.05) is 18.8 Å². The van der Waals surface area contributed by atoms with E-state index in [-0.39, 0.29) is 18.0 Å². The summed E-state index contributed by atoms with van der Waals surface area (Å²) in [5.41, 5.74) is 0.869. The third kappa shape index (κ3) is 8.18. The Morgan fingerprint density at radius 1 is 1.03 bits per heavy atom. The van der Waals surface area contributed by atoms with Crippen LogP contribution in [0.15, 0.2) is 48.9 Å². The molecule has 35 heavy (non-hydrogen) atoms. The van der Waals surface area contributed by atoms with Crippen molar-refractivity contribution in [3.8, 4) is 0 Å². The first kappa shape index (κ1) is 25.8. The third-order valence-electron chi connectivity index (χ3n) is 5.02. The highest BCUT2D eigenvalue weighted by Crippen LogP contribution is 2.13. The van der Waals surface area contributed by atoms with E-state index in [0.29, 0.717) is 6.42 Å². The quantitative estimate of drug-likeness (QED) is 0.488. The highest BCUT2D eigenvalue weighted by Gasteiger charge is 2.41. The fourth-order valence-electron chi connectivity index (χ4n) is 3.47. The van der Waals surface area contributed by atoms with Gasteiger partial charge in [-0.3, -0.25) is 24.2 Å². The Morgan fingerprint density at radius 3 is 2.31 bits per heavy atom. The zero-order valence-electron chi connectivity index (χ0n) is 19.5. The van der Waals surface area contributed by atoms with Crippen LogP contribution in [0, 0.1) is 5.92 Å². The van der Waals surface area contributed by atoms with Crippen LogP contribution in [0.1, 0.15) is 36.3 Å². The Hall–Kier alpha value is -3.80. The van der Waals surface area contributed by atoms with Crippen molar-refractivity contribution < 1.29 is 33.2 Å². The molecule has 0 aliphatic carbocycles. The molecule has 1 aliphatic heterocycles. The van der Waals surface area contributed by atoms with Gasteiger partial charge in [0.2, 0.25) is 5.91 Å². The highest BCUT2D eigenvalue weighted by molar-refractivity contribution is 6.51. The number of benzene rings is 1. The Labute approximate surface area is 203 Å². The van der Waals surface area contributed by atoms with Gasteiger partial charge in [0.05, 0.1) is 12.1 Å². The second-order valence-electron chi connectivity index (χ2n) is 8.39. The van der Waals surface area contributed by atoms with Crippen molar-refractivity contribution >= 4 is 30.9 Å². The average molecular weight is 482 g/mol. The van der Waals surface area contributed by atoms with E-state index in [2.05, 4.69) is 20.6 Å². The van der Waals surface area contributed by atoms with Gasteiger partial charge in [0.25, 0.3) is 5.91 Å². The maximum atomic E-state index is 13.4. The van der Waals surface area contributed by atoms with Gasteiger partial charge < -0.3 is 24.7 Å². The summed E-state index contributed by atoms with van der Waals surface area (Å²) in [6.45, 7) is 3.01. The summed E-state index contributed by atoms with van der Waals surface area (Å²) < 4.78 is 15.4. The zero-order valence-corrected chi connectivity index (χ0v) is 19.5. The molecule has 1 unspecified atom stereocenters. The van der Waals surface area contributed by atoms with Crippen LogP contribution in [0.4, 0.5) is 0 Å². The summed E-state index contributed by atoms with van der Waals surface area (Å²) >= 11 is 0. The molecule has 1 fully saturated rings. The minimum atomic E-state index is -1.33. The van der Waals surface area contributed by atoms with Crippen molar-refractivity contribution in [1.29, 1.82) is 0 Å². The lowest BCUT2D eigenvalue weighted by Gasteiger charge is -2.28. The average Bonchev–Trinajstić information content (AvgIpc) is 2.82. The molecule has 1 aliphatic rings. The van der Waals surface area contributed by atoms with Crippen LogP contribution in [0.5, 0.6) is 0 Å². The summed E-state index contributed by atoms with van der Waals surface area (Å²) in [5.74, 6) is -3.34. The third-order valence-corrected chi connectivity index (χ3v) is 5.02. The van der Waals surface area contributed by atoms with Gasteiger partial charge in [-0.2, -0.15) is 0 Å². The van der Waals surface area contributed by atoms with Crippen molar-refractivity contribution in [2.75, 3.05) is 13.2 Å². The van der Waals surface area contributed by atoms with E-state index in [1.165, 1.54) is 18.6 Å². The van der Waals surface area contributed by atoms with Gasteiger partial charge >= 0.3 is 19.1 Å². The van der Waals surface area contributed by atoms with Gasteiger partial charge in [0.15, 0.2) is 0 Å². The summed E-state index contributed by atoms with van der Waals surface area (Å²) in [4.78, 5) is 58.0. The number of nitrogens with zero attached hydrogens (tertiary/aromatic N) is 2. The van der Waals surface area contributed by atoms with E-state index in [1.54, 1.807) is 0 Å².